The third-order valence-electron chi connectivity index (χ3n) is 12.1. The summed E-state index contributed by atoms with van der Waals surface area (Å²) in [5.41, 5.74) is 18.6. The van der Waals surface area contributed by atoms with E-state index in [-0.39, 0.29) is 0 Å². The Morgan fingerprint density at radius 3 is 1.77 bits per heavy atom. The smallest absolute Gasteiger partial charge is 0.111 e. The van der Waals surface area contributed by atoms with Crippen LogP contribution in [0.1, 0.15) is 16.7 Å². The molecule has 57 heavy (non-hydrogen) atoms. The number of hydrogen-bond acceptors (Lipinski definition) is 1. The van der Waals surface area contributed by atoms with Crippen LogP contribution in [0.2, 0.25) is 0 Å². The zero-order valence-corrected chi connectivity index (χ0v) is 31.1. The minimum absolute atomic E-state index is 0.747. The lowest BCUT2D eigenvalue weighted by atomic mass is 9.96. The average Bonchev–Trinajstić information content (AvgIpc) is 3.94. The summed E-state index contributed by atoms with van der Waals surface area (Å²) in [5.74, 6) is 1.08. The molecule has 0 radical (unpaired) electrons. The lowest BCUT2D eigenvalue weighted by molar-refractivity contribution is 0.933. The first-order valence-corrected chi connectivity index (χ1v) is 19.7. The maximum atomic E-state index is 3.79. The molecule has 0 spiro atoms. The molecule has 2 aromatic heterocycles. The fourth-order valence-corrected chi connectivity index (χ4v) is 9.30. The molecule has 0 saturated heterocycles. The number of nitrogens with zero attached hydrogens (tertiary/aromatic N) is 2. The molecule has 3 nitrogen and oxygen atoms in total. The number of aromatic nitrogens is 2. The third-order valence-corrected chi connectivity index (χ3v) is 12.1. The second-order valence-corrected chi connectivity index (χ2v) is 15.2. The second-order valence-electron chi connectivity index (χ2n) is 15.2. The highest BCUT2D eigenvalue weighted by molar-refractivity contribution is 6.13. The van der Waals surface area contributed by atoms with Crippen molar-refractivity contribution in [2.75, 3.05) is 6.54 Å². The highest BCUT2D eigenvalue weighted by Crippen LogP contribution is 2.40. The van der Waals surface area contributed by atoms with E-state index in [2.05, 4.69) is 203 Å². The van der Waals surface area contributed by atoms with Crippen LogP contribution in [0.25, 0.3) is 94.1 Å². The van der Waals surface area contributed by atoms with E-state index in [9.17, 15) is 0 Å². The molecule has 266 valence electrons. The van der Waals surface area contributed by atoms with E-state index in [0.717, 1.165) is 18.8 Å². The minimum Gasteiger partial charge on any atom is -0.367 e. The van der Waals surface area contributed by atoms with Crippen molar-refractivity contribution >= 4 is 55.0 Å². The molecular formula is C54H35N3. The van der Waals surface area contributed by atoms with Gasteiger partial charge in [0, 0.05) is 45.8 Å². The monoisotopic (exact) mass is 725 g/mol. The zero-order valence-electron chi connectivity index (χ0n) is 31.1. The number of hydrogen-bond donors (Lipinski definition) is 1. The van der Waals surface area contributed by atoms with Crippen LogP contribution in [0, 0.1) is 12.1 Å². The van der Waals surface area contributed by atoms with Gasteiger partial charge in [0.15, 0.2) is 0 Å². The maximum Gasteiger partial charge on any atom is 0.111 e. The van der Waals surface area contributed by atoms with Crippen molar-refractivity contribution in [3.05, 3.63) is 211 Å². The molecule has 1 aliphatic carbocycles. The Labute approximate surface area is 331 Å². The van der Waals surface area contributed by atoms with Crippen LogP contribution in [0.4, 0.5) is 0 Å². The molecule has 0 atom stereocenters. The Hall–Kier alpha value is -7.54. The van der Waals surface area contributed by atoms with Crippen molar-refractivity contribution in [3.63, 3.8) is 0 Å². The first kappa shape index (κ1) is 31.8. The van der Waals surface area contributed by atoms with Crippen molar-refractivity contribution in [1.29, 1.82) is 0 Å². The Morgan fingerprint density at radius 2 is 1.05 bits per heavy atom. The number of allylic oxidation sites excluding steroid dienone is 2. The first-order valence-electron chi connectivity index (χ1n) is 19.7. The van der Waals surface area contributed by atoms with Gasteiger partial charge < -0.3 is 9.88 Å². The molecule has 1 aliphatic heterocycles. The highest BCUT2D eigenvalue weighted by atomic mass is 15.1. The van der Waals surface area contributed by atoms with Crippen LogP contribution in [-0.4, -0.2) is 15.7 Å². The molecule has 12 rings (SSSR count). The van der Waals surface area contributed by atoms with Crippen LogP contribution in [-0.2, 0) is 6.42 Å². The van der Waals surface area contributed by atoms with Crippen LogP contribution in [0.5, 0.6) is 0 Å². The Kier molecular flexibility index (Phi) is 6.97. The average molecular weight is 726 g/mol. The molecule has 0 amide bonds. The normalized spacial score (nSPS) is 13.3. The standard InChI is InChI=1S/C54H35N3/c1-2-11-43(12-3-1)56-50-16-8-6-14-45(50)48-32-38(24-27-52(48)56)39-25-28-53-49(33-39)46-15-7-9-17-51(46)57(53)54-29-26-42(34-55-54)36-20-18-35(19-21-36)37-22-23-41-30-40-10-4-5-13-44(40)47(41)31-37/h1-3,5-9,11-29,31-33,55H,30,34H2. The molecule has 1 N–H and O–H groups in total. The predicted octanol–water partition coefficient (Wildman–Crippen LogP) is 12.9. The molecular weight excluding hydrogens is 691 g/mol. The summed E-state index contributed by atoms with van der Waals surface area (Å²) in [5, 5.41) is 8.80. The largest absolute Gasteiger partial charge is 0.367 e. The molecule has 0 fully saturated rings. The van der Waals surface area contributed by atoms with Crippen LogP contribution in [0.3, 0.4) is 0 Å². The molecule has 3 heterocycles. The van der Waals surface area contributed by atoms with E-state index in [1.165, 1.54) is 105 Å². The fourth-order valence-electron chi connectivity index (χ4n) is 9.30. The van der Waals surface area contributed by atoms with E-state index in [0.29, 0.717) is 0 Å². The Morgan fingerprint density at radius 1 is 0.456 bits per heavy atom. The van der Waals surface area contributed by atoms with Crippen molar-refractivity contribution in [1.82, 2.24) is 14.5 Å². The van der Waals surface area contributed by atoms with Gasteiger partial charge in [0.05, 0.1) is 22.1 Å². The van der Waals surface area contributed by atoms with Gasteiger partial charge in [-0.1, -0.05) is 121 Å². The van der Waals surface area contributed by atoms with Gasteiger partial charge >= 0.3 is 0 Å². The summed E-state index contributed by atoms with van der Waals surface area (Å²) in [6.45, 7) is 0.747. The molecule has 2 aliphatic rings. The van der Waals surface area contributed by atoms with Gasteiger partial charge in [-0.3, -0.25) is 4.57 Å². The van der Waals surface area contributed by atoms with Crippen molar-refractivity contribution in [3.8, 4) is 39.1 Å². The fraction of sp³-hybridized carbons (Fsp3) is 0.0370. The lowest BCUT2D eigenvalue weighted by Gasteiger charge is -2.20. The number of para-hydroxylation sites is 3. The molecule has 3 heteroatoms. The molecule has 10 aromatic rings. The van der Waals surface area contributed by atoms with Crippen molar-refractivity contribution in [2.24, 2.45) is 0 Å². The number of rotatable bonds is 5. The lowest BCUT2D eigenvalue weighted by Crippen LogP contribution is -2.22. The molecule has 0 bridgehead atoms. The van der Waals surface area contributed by atoms with E-state index in [1.807, 2.05) is 6.07 Å². The third kappa shape index (κ3) is 5.01. The van der Waals surface area contributed by atoms with Crippen LogP contribution >= 0.6 is 0 Å². The number of nitrogens with one attached hydrogen (secondary N) is 1. The van der Waals surface area contributed by atoms with Gasteiger partial charge in [-0.25, -0.2) is 0 Å². The number of benzene rings is 7. The van der Waals surface area contributed by atoms with Gasteiger partial charge in [0.1, 0.15) is 5.82 Å². The number of fused-ring (bicyclic) bond motifs is 9. The predicted molar refractivity (Wildman–Crippen MR) is 237 cm³/mol. The summed E-state index contributed by atoms with van der Waals surface area (Å²) in [7, 11) is 0. The summed E-state index contributed by atoms with van der Waals surface area (Å²) in [6.07, 6.45) is 5.44. The first-order chi connectivity index (χ1) is 28.2. The number of dihydropyridines is 1. The quantitative estimate of drug-likeness (QED) is 0.187. The van der Waals surface area contributed by atoms with E-state index >= 15 is 0 Å². The van der Waals surface area contributed by atoms with Gasteiger partial charge in [0.2, 0.25) is 0 Å². The van der Waals surface area contributed by atoms with E-state index < -0.39 is 0 Å². The topological polar surface area (TPSA) is 21.9 Å². The van der Waals surface area contributed by atoms with Crippen LogP contribution < -0.4 is 5.32 Å². The zero-order chi connectivity index (χ0) is 37.5. The molecule has 0 unspecified atom stereocenters. The Balaban J connectivity index is 0.882. The van der Waals surface area contributed by atoms with Gasteiger partial charge in [0.25, 0.3) is 0 Å². The van der Waals surface area contributed by atoms with E-state index in [1.54, 1.807) is 0 Å². The second kappa shape index (κ2) is 12.5. The van der Waals surface area contributed by atoms with Gasteiger partial charge in [-0.05, 0) is 123 Å². The van der Waals surface area contributed by atoms with Crippen LogP contribution in [0.15, 0.2) is 182 Å². The van der Waals surface area contributed by atoms with Gasteiger partial charge in [-0.2, -0.15) is 0 Å². The van der Waals surface area contributed by atoms with Gasteiger partial charge in [-0.15, -0.1) is 0 Å². The Bertz CT molecular complexity index is 3300. The van der Waals surface area contributed by atoms with Crippen molar-refractivity contribution < 1.29 is 0 Å². The summed E-state index contributed by atoms with van der Waals surface area (Å²) >= 11 is 0. The molecule has 0 saturated carbocycles. The summed E-state index contributed by atoms with van der Waals surface area (Å²) in [6, 6.07) is 68.4. The molecule has 8 aromatic carbocycles. The summed E-state index contributed by atoms with van der Waals surface area (Å²) in [4.78, 5) is 0. The van der Waals surface area contributed by atoms with Crippen molar-refractivity contribution in [2.45, 2.75) is 6.42 Å². The maximum absolute atomic E-state index is 3.79. The summed E-state index contributed by atoms with van der Waals surface area (Å²) < 4.78 is 4.75. The minimum atomic E-state index is 0.747. The highest BCUT2D eigenvalue weighted by Gasteiger charge is 2.20. The SMILES string of the molecule is c1ccc2c(c#1)Cc1ccc(-c3ccc(C4=CC=C(n5c6ccccc6c6cc(-c7ccc8c(c7)c7ccccc7n8-c7ccccc7)ccc65)NC4)cc3)cc1-2. The van der Waals surface area contributed by atoms with E-state index in [4.69, 9.17) is 0 Å².